The van der Waals surface area contributed by atoms with E-state index in [2.05, 4.69) is 10.3 Å². The number of aromatic amines is 1. The van der Waals surface area contributed by atoms with Gasteiger partial charge in [-0.2, -0.15) is 0 Å². The largest absolute Gasteiger partial charge is 0.357 e. The quantitative estimate of drug-likeness (QED) is 0.896. The minimum atomic E-state index is -0.172. The molecule has 0 bridgehead atoms. The Hall–Kier alpha value is -2.04. The van der Waals surface area contributed by atoms with Crippen molar-refractivity contribution in [2.24, 2.45) is 0 Å². The Morgan fingerprint density at radius 2 is 2.29 bits per heavy atom. The molecule has 0 radical (unpaired) electrons. The molecule has 2 N–H and O–H groups in total. The van der Waals surface area contributed by atoms with Gasteiger partial charge in [0.25, 0.3) is 0 Å². The summed E-state index contributed by atoms with van der Waals surface area (Å²) in [7, 11) is 0. The van der Waals surface area contributed by atoms with Gasteiger partial charge < -0.3 is 15.2 Å². The lowest BCUT2D eigenvalue weighted by Gasteiger charge is -2.38. The van der Waals surface area contributed by atoms with Gasteiger partial charge in [-0.25, -0.2) is 9.18 Å². The average molecular weight is 289 g/mol. The van der Waals surface area contributed by atoms with Crippen molar-refractivity contribution in [2.45, 2.75) is 39.3 Å². The molecule has 0 saturated carbocycles. The normalized spacial score (nSPS) is 17.9. The molecule has 1 aliphatic rings. The molecule has 2 aromatic rings. The van der Waals surface area contributed by atoms with Crippen LogP contribution in [0, 0.1) is 5.82 Å². The highest BCUT2D eigenvalue weighted by molar-refractivity contribution is 5.81. The van der Waals surface area contributed by atoms with Gasteiger partial charge in [-0.15, -0.1) is 0 Å². The van der Waals surface area contributed by atoms with Crippen molar-refractivity contribution in [3.63, 3.8) is 0 Å². The number of rotatable bonds is 3. The zero-order chi connectivity index (χ0) is 15.0. The van der Waals surface area contributed by atoms with Gasteiger partial charge in [0.1, 0.15) is 5.82 Å². The number of benzene rings is 1. The number of aryl methyl sites for hydroxylation is 1. The molecule has 2 amide bonds. The number of halogens is 1. The lowest BCUT2D eigenvalue weighted by Crippen LogP contribution is -2.53. The molecule has 1 atom stereocenters. The molecule has 3 rings (SSSR count). The Kier molecular flexibility index (Phi) is 3.57. The van der Waals surface area contributed by atoms with E-state index in [1.54, 1.807) is 6.07 Å². The predicted molar refractivity (Wildman–Crippen MR) is 80.7 cm³/mol. The first kappa shape index (κ1) is 13.9. The summed E-state index contributed by atoms with van der Waals surface area (Å²) in [6.07, 6.45) is 1.73. The van der Waals surface area contributed by atoms with Crippen molar-refractivity contribution < 1.29 is 9.18 Å². The van der Waals surface area contributed by atoms with E-state index < -0.39 is 0 Å². The first-order valence-electron chi connectivity index (χ1n) is 7.43. The second-order valence-electron chi connectivity index (χ2n) is 5.67. The highest BCUT2D eigenvalue weighted by atomic mass is 19.1. The van der Waals surface area contributed by atoms with Gasteiger partial charge in [0.05, 0.1) is 6.54 Å². The fourth-order valence-corrected chi connectivity index (χ4v) is 2.71. The van der Waals surface area contributed by atoms with Gasteiger partial charge in [0.2, 0.25) is 0 Å². The van der Waals surface area contributed by atoms with E-state index in [9.17, 15) is 9.18 Å². The summed E-state index contributed by atoms with van der Waals surface area (Å²) >= 11 is 0. The maximum Gasteiger partial charge on any atom is 0.317 e. The minimum absolute atomic E-state index is 0.0344. The third-order valence-electron chi connectivity index (χ3n) is 4.24. The standard InChI is InChI=1S/C16H20FN3O/c1-3-11-8-15-12(7-14(11)17)6-13(19-15)9-18-16(21)20-5-4-10(20)2/h6-8,10,19H,3-5,9H2,1-2H3,(H,18,21). The molecule has 1 fully saturated rings. The molecule has 4 nitrogen and oxygen atoms in total. The summed E-state index contributed by atoms with van der Waals surface area (Å²) in [6, 6.07) is 5.57. The van der Waals surface area contributed by atoms with Crippen LogP contribution < -0.4 is 5.32 Å². The second-order valence-corrected chi connectivity index (χ2v) is 5.67. The molecular weight excluding hydrogens is 269 g/mol. The molecule has 1 unspecified atom stereocenters. The average Bonchev–Trinajstić information content (AvgIpc) is 2.84. The number of aromatic nitrogens is 1. The zero-order valence-electron chi connectivity index (χ0n) is 12.4. The molecule has 1 aromatic carbocycles. The van der Waals surface area contributed by atoms with Crippen LogP contribution in [0.25, 0.3) is 10.9 Å². The van der Waals surface area contributed by atoms with Crippen LogP contribution in [0.4, 0.5) is 9.18 Å². The Balaban J connectivity index is 1.71. The number of carbonyl (C=O) groups is 1. The number of H-pyrrole nitrogens is 1. The van der Waals surface area contributed by atoms with Crippen molar-refractivity contribution in [3.05, 3.63) is 35.3 Å². The molecule has 21 heavy (non-hydrogen) atoms. The smallest absolute Gasteiger partial charge is 0.317 e. The Morgan fingerprint density at radius 3 is 2.90 bits per heavy atom. The molecule has 1 aromatic heterocycles. The highest BCUT2D eigenvalue weighted by Crippen LogP contribution is 2.21. The summed E-state index contributed by atoms with van der Waals surface area (Å²) in [4.78, 5) is 17.0. The summed E-state index contributed by atoms with van der Waals surface area (Å²) in [5.74, 6) is -0.172. The molecule has 0 aliphatic carbocycles. The predicted octanol–water partition coefficient (Wildman–Crippen LogP) is 3.17. The van der Waals surface area contributed by atoms with Crippen molar-refractivity contribution in [3.8, 4) is 0 Å². The molecule has 2 heterocycles. The van der Waals surface area contributed by atoms with Crippen LogP contribution in [0.3, 0.4) is 0 Å². The van der Waals surface area contributed by atoms with E-state index in [0.717, 1.165) is 29.6 Å². The highest BCUT2D eigenvalue weighted by Gasteiger charge is 2.27. The van der Waals surface area contributed by atoms with Crippen molar-refractivity contribution in [2.75, 3.05) is 6.54 Å². The van der Waals surface area contributed by atoms with Crippen LogP contribution in [-0.2, 0) is 13.0 Å². The van der Waals surface area contributed by atoms with Crippen molar-refractivity contribution >= 4 is 16.9 Å². The van der Waals surface area contributed by atoms with Crippen molar-refractivity contribution in [1.82, 2.24) is 15.2 Å². The zero-order valence-corrected chi connectivity index (χ0v) is 12.4. The second kappa shape index (κ2) is 5.39. The number of nitrogens with zero attached hydrogens (tertiary/aromatic N) is 1. The first-order valence-corrected chi connectivity index (χ1v) is 7.43. The van der Waals surface area contributed by atoms with Crippen LogP contribution in [-0.4, -0.2) is 28.5 Å². The molecule has 112 valence electrons. The summed E-state index contributed by atoms with van der Waals surface area (Å²) < 4.78 is 13.8. The van der Waals surface area contributed by atoms with Gasteiger partial charge in [-0.3, -0.25) is 0 Å². The fourth-order valence-electron chi connectivity index (χ4n) is 2.71. The van der Waals surface area contributed by atoms with Gasteiger partial charge in [-0.05, 0) is 43.5 Å². The fraction of sp³-hybridized carbons (Fsp3) is 0.438. The van der Waals surface area contributed by atoms with Crippen LogP contribution in [0.5, 0.6) is 0 Å². The SMILES string of the molecule is CCc1cc2[nH]c(CNC(=O)N3CCC3C)cc2cc1F. The first-order chi connectivity index (χ1) is 10.1. The van der Waals surface area contributed by atoms with E-state index >= 15 is 0 Å². The third-order valence-corrected chi connectivity index (χ3v) is 4.24. The van der Waals surface area contributed by atoms with Crippen LogP contribution >= 0.6 is 0 Å². The summed E-state index contributed by atoms with van der Waals surface area (Å²) in [5, 5.41) is 3.74. The monoisotopic (exact) mass is 289 g/mol. The number of nitrogens with one attached hydrogen (secondary N) is 2. The lowest BCUT2D eigenvalue weighted by molar-refractivity contribution is 0.124. The Bertz CT molecular complexity index is 679. The van der Waals surface area contributed by atoms with Gasteiger partial charge in [0.15, 0.2) is 0 Å². The summed E-state index contributed by atoms with van der Waals surface area (Å²) in [6.45, 7) is 5.23. The number of urea groups is 1. The van der Waals surface area contributed by atoms with E-state index in [-0.39, 0.29) is 11.8 Å². The Labute approximate surface area is 123 Å². The third kappa shape index (κ3) is 2.60. The number of likely N-dealkylation sites (tertiary alicyclic amines) is 1. The molecule has 1 aliphatic heterocycles. The minimum Gasteiger partial charge on any atom is -0.357 e. The van der Waals surface area contributed by atoms with Crippen LogP contribution in [0.15, 0.2) is 18.2 Å². The van der Waals surface area contributed by atoms with Crippen LogP contribution in [0.1, 0.15) is 31.5 Å². The van der Waals surface area contributed by atoms with E-state index in [4.69, 9.17) is 0 Å². The van der Waals surface area contributed by atoms with Gasteiger partial charge in [-0.1, -0.05) is 6.92 Å². The number of hydrogen-bond acceptors (Lipinski definition) is 1. The maximum atomic E-state index is 13.8. The number of carbonyl (C=O) groups excluding carboxylic acids is 1. The lowest BCUT2D eigenvalue weighted by atomic mass is 10.1. The molecule has 0 spiro atoms. The molecule has 1 saturated heterocycles. The van der Waals surface area contributed by atoms with Crippen LogP contribution in [0.2, 0.25) is 0 Å². The number of hydrogen-bond donors (Lipinski definition) is 2. The van der Waals surface area contributed by atoms with E-state index in [1.165, 1.54) is 0 Å². The van der Waals surface area contributed by atoms with Crippen molar-refractivity contribution in [1.29, 1.82) is 0 Å². The van der Waals surface area contributed by atoms with Gasteiger partial charge >= 0.3 is 6.03 Å². The summed E-state index contributed by atoms with van der Waals surface area (Å²) in [5.41, 5.74) is 2.50. The molecule has 5 heteroatoms. The number of fused-ring (bicyclic) bond motifs is 1. The maximum absolute atomic E-state index is 13.8. The molecular formula is C16H20FN3O. The Morgan fingerprint density at radius 1 is 1.48 bits per heavy atom. The topological polar surface area (TPSA) is 48.1 Å². The van der Waals surface area contributed by atoms with E-state index in [1.807, 2.05) is 30.9 Å². The van der Waals surface area contributed by atoms with Gasteiger partial charge in [0, 0.05) is 29.2 Å². The van der Waals surface area contributed by atoms with E-state index in [0.29, 0.717) is 24.6 Å². The number of amides is 2.